The molecule has 0 aliphatic rings. The summed E-state index contributed by atoms with van der Waals surface area (Å²) < 4.78 is 4.74. The number of aromatic nitrogens is 5. The summed E-state index contributed by atoms with van der Waals surface area (Å²) in [6, 6.07) is 51.2. The van der Waals surface area contributed by atoms with E-state index in [1.54, 1.807) is 0 Å². The molecule has 4 bridgehead atoms. The zero-order valence-corrected chi connectivity index (χ0v) is 24.7. The molecule has 0 spiro atoms. The number of rotatable bonds is 3. The van der Waals surface area contributed by atoms with Gasteiger partial charge in [-0.3, -0.25) is 0 Å². The van der Waals surface area contributed by atoms with E-state index < -0.39 is 0 Å². The topological polar surface area (TPSA) is 47.5 Å². The summed E-state index contributed by atoms with van der Waals surface area (Å²) in [5.41, 5.74) is 8.57. The van der Waals surface area contributed by atoms with Crippen molar-refractivity contribution in [1.82, 2.24) is 23.8 Å². The fourth-order valence-corrected chi connectivity index (χ4v) is 6.97. The van der Waals surface area contributed by atoms with Gasteiger partial charge in [0.1, 0.15) is 0 Å². The van der Waals surface area contributed by atoms with Crippen molar-refractivity contribution in [3.05, 3.63) is 152 Å². The van der Waals surface area contributed by atoms with Gasteiger partial charge in [0.25, 0.3) is 0 Å². The lowest BCUT2D eigenvalue weighted by atomic mass is 10.1. The zero-order chi connectivity index (χ0) is 30.2. The van der Waals surface area contributed by atoms with Gasteiger partial charge in [-0.1, -0.05) is 103 Å². The van der Waals surface area contributed by atoms with Crippen LogP contribution in [-0.2, 0) is 0 Å². The van der Waals surface area contributed by atoms with Crippen LogP contribution in [0.5, 0.6) is 0 Å². The Hall–Kier alpha value is -6.33. The summed E-state index contributed by atoms with van der Waals surface area (Å²) in [7, 11) is 0. The molecule has 214 valence electrons. The molecule has 5 heteroatoms. The maximum absolute atomic E-state index is 5.10. The summed E-state index contributed by atoms with van der Waals surface area (Å²) in [6.45, 7) is 0. The Labute approximate surface area is 263 Å². The van der Waals surface area contributed by atoms with Crippen molar-refractivity contribution in [2.75, 3.05) is 0 Å². The van der Waals surface area contributed by atoms with Crippen molar-refractivity contribution in [1.29, 1.82) is 0 Å². The van der Waals surface area contributed by atoms with Gasteiger partial charge in [0, 0.05) is 50.1 Å². The molecule has 0 aliphatic carbocycles. The van der Waals surface area contributed by atoms with Crippen LogP contribution in [0.25, 0.3) is 88.7 Å². The van der Waals surface area contributed by atoms with Gasteiger partial charge in [-0.2, -0.15) is 0 Å². The van der Waals surface area contributed by atoms with E-state index in [1.165, 1.54) is 27.2 Å². The highest BCUT2D eigenvalue weighted by atomic mass is 15.0. The Morgan fingerprint density at radius 2 is 1.07 bits per heavy atom. The SMILES string of the molecule is c1ccc(-c2nc(-c3ccccc3)nc(-c3cc4cc(c3)n3c5ccccc5c5ccc6ccn(c7cccc4c7)c6c53)n2)cc1. The van der Waals surface area contributed by atoms with Crippen LogP contribution in [0.2, 0.25) is 0 Å². The highest BCUT2D eigenvalue weighted by Gasteiger charge is 2.17. The zero-order valence-electron chi connectivity index (χ0n) is 24.7. The number of para-hydroxylation sites is 1. The minimum absolute atomic E-state index is 0.637. The Bertz CT molecular complexity index is 2740. The number of benzene rings is 6. The van der Waals surface area contributed by atoms with Crippen LogP contribution < -0.4 is 0 Å². The largest absolute Gasteiger partial charge is 0.315 e. The third-order valence-corrected chi connectivity index (χ3v) is 9.08. The minimum Gasteiger partial charge on any atom is -0.315 e. The molecule has 4 heterocycles. The molecule has 10 rings (SSSR count). The number of hydrogen-bond donors (Lipinski definition) is 0. The van der Waals surface area contributed by atoms with E-state index in [9.17, 15) is 0 Å². The van der Waals surface area contributed by atoms with Crippen molar-refractivity contribution < 1.29 is 0 Å². The number of hydrogen-bond acceptors (Lipinski definition) is 3. The van der Waals surface area contributed by atoms with Crippen molar-refractivity contribution in [3.63, 3.8) is 0 Å². The van der Waals surface area contributed by atoms with E-state index in [2.05, 4.69) is 99.9 Å². The Balaban J connectivity index is 1.39. The van der Waals surface area contributed by atoms with Gasteiger partial charge >= 0.3 is 0 Å². The monoisotopic (exact) mass is 587 g/mol. The minimum atomic E-state index is 0.637. The lowest BCUT2D eigenvalue weighted by molar-refractivity contribution is 1.07. The molecule has 5 nitrogen and oxygen atoms in total. The smallest absolute Gasteiger partial charge is 0.164 e. The van der Waals surface area contributed by atoms with Gasteiger partial charge in [-0.25, -0.2) is 15.0 Å². The molecule has 0 atom stereocenters. The molecule has 6 aromatic carbocycles. The third-order valence-electron chi connectivity index (χ3n) is 9.08. The highest BCUT2D eigenvalue weighted by molar-refractivity contribution is 6.18. The molecular weight excluding hydrogens is 562 g/mol. The Morgan fingerprint density at radius 3 is 1.83 bits per heavy atom. The second-order valence-electron chi connectivity index (χ2n) is 11.8. The normalized spacial score (nSPS) is 11.9. The summed E-state index contributed by atoms with van der Waals surface area (Å²) in [6.07, 6.45) is 2.19. The predicted octanol–water partition coefficient (Wildman–Crippen LogP) is 9.99. The molecule has 0 amide bonds. The first-order chi connectivity index (χ1) is 22.8. The molecule has 0 saturated carbocycles. The van der Waals surface area contributed by atoms with Crippen LogP contribution in [0.3, 0.4) is 0 Å². The Morgan fingerprint density at radius 1 is 0.391 bits per heavy atom. The first-order valence-corrected chi connectivity index (χ1v) is 15.5. The van der Waals surface area contributed by atoms with Gasteiger partial charge in [0.2, 0.25) is 0 Å². The lowest BCUT2D eigenvalue weighted by Crippen LogP contribution is -2.00. The lowest BCUT2D eigenvalue weighted by Gasteiger charge is -2.11. The van der Waals surface area contributed by atoms with Gasteiger partial charge < -0.3 is 8.80 Å². The van der Waals surface area contributed by atoms with E-state index in [1.807, 2.05) is 60.7 Å². The molecule has 0 saturated heterocycles. The molecule has 46 heavy (non-hydrogen) atoms. The fourth-order valence-electron chi connectivity index (χ4n) is 6.97. The maximum Gasteiger partial charge on any atom is 0.164 e. The molecule has 0 N–H and O–H groups in total. The molecular formula is C41H25N5. The van der Waals surface area contributed by atoms with E-state index in [-0.39, 0.29) is 0 Å². The van der Waals surface area contributed by atoms with Crippen LogP contribution in [-0.4, -0.2) is 23.8 Å². The van der Waals surface area contributed by atoms with E-state index in [4.69, 9.17) is 15.0 Å². The predicted molar refractivity (Wildman–Crippen MR) is 188 cm³/mol. The molecule has 0 unspecified atom stereocenters. The quantitative estimate of drug-likeness (QED) is 0.207. The van der Waals surface area contributed by atoms with Crippen LogP contribution in [0.4, 0.5) is 0 Å². The van der Waals surface area contributed by atoms with E-state index >= 15 is 0 Å². The standard InChI is InChI=1S/C41H25N5/c1-3-10-27(11-4-1)39-42-40(28-12-5-2-6-13-28)44-41(43-39)31-22-30-24-33(25-31)46-36-17-8-7-16-34(36)35-19-18-26-20-21-45(37(26)38(35)46)32-15-9-14-29(30)23-32/h1-25H. The molecule has 4 aromatic heterocycles. The van der Waals surface area contributed by atoms with Crippen LogP contribution in [0.15, 0.2) is 152 Å². The second-order valence-corrected chi connectivity index (χ2v) is 11.8. The second kappa shape index (κ2) is 9.58. The average molecular weight is 588 g/mol. The van der Waals surface area contributed by atoms with Gasteiger partial charge in [0.05, 0.1) is 16.6 Å². The summed E-state index contributed by atoms with van der Waals surface area (Å²) in [4.78, 5) is 15.1. The maximum atomic E-state index is 5.10. The fraction of sp³-hybridized carbons (Fsp3) is 0. The van der Waals surface area contributed by atoms with Crippen molar-refractivity contribution in [2.24, 2.45) is 0 Å². The molecule has 10 aromatic rings. The summed E-state index contributed by atoms with van der Waals surface area (Å²) in [5.74, 6) is 1.94. The van der Waals surface area contributed by atoms with Crippen LogP contribution in [0.1, 0.15) is 0 Å². The first kappa shape index (κ1) is 25.0. The van der Waals surface area contributed by atoms with Crippen LogP contribution in [0, 0.1) is 0 Å². The third kappa shape index (κ3) is 3.72. The number of fused-ring (bicyclic) bond motifs is 10. The first-order valence-electron chi connectivity index (χ1n) is 15.5. The van der Waals surface area contributed by atoms with Gasteiger partial charge in [-0.15, -0.1) is 0 Å². The van der Waals surface area contributed by atoms with Crippen molar-refractivity contribution >= 4 is 54.5 Å². The van der Waals surface area contributed by atoms with Crippen molar-refractivity contribution in [2.45, 2.75) is 0 Å². The van der Waals surface area contributed by atoms with E-state index in [0.717, 1.165) is 44.0 Å². The van der Waals surface area contributed by atoms with Gasteiger partial charge in [0.15, 0.2) is 17.5 Å². The number of nitrogens with zero attached hydrogens (tertiary/aromatic N) is 5. The average Bonchev–Trinajstić information content (AvgIpc) is 3.71. The van der Waals surface area contributed by atoms with E-state index in [0.29, 0.717) is 17.5 Å². The highest BCUT2D eigenvalue weighted by Crippen LogP contribution is 2.37. The summed E-state index contributed by atoms with van der Waals surface area (Å²) in [5, 5.41) is 5.89. The van der Waals surface area contributed by atoms with Gasteiger partial charge in [-0.05, 0) is 53.2 Å². The molecule has 0 radical (unpaired) electrons. The Kier molecular flexibility index (Phi) is 5.22. The molecule has 0 aliphatic heterocycles. The summed E-state index contributed by atoms with van der Waals surface area (Å²) >= 11 is 0. The van der Waals surface area contributed by atoms with Crippen molar-refractivity contribution in [3.8, 4) is 34.2 Å². The molecule has 0 fully saturated rings. The van der Waals surface area contributed by atoms with Crippen LogP contribution >= 0.6 is 0 Å².